The number of para-hydroxylation sites is 1. The zero-order valence-corrected chi connectivity index (χ0v) is 18.1. The van der Waals surface area contributed by atoms with Crippen LogP contribution in [0.5, 0.6) is 5.75 Å². The molecule has 5 heteroatoms. The summed E-state index contributed by atoms with van der Waals surface area (Å²) >= 11 is 1.54. The van der Waals surface area contributed by atoms with Gasteiger partial charge in [-0.2, -0.15) is 0 Å². The van der Waals surface area contributed by atoms with Crippen LogP contribution in [0.2, 0.25) is 0 Å². The van der Waals surface area contributed by atoms with E-state index in [1.54, 1.807) is 6.07 Å². The predicted octanol–water partition coefficient (Wildman–Crippen LogP) is 5.85. The predicted molar refractivity (Wildman–Crippen MR) is 117 cm³/mol. The highest BCUT2D eigenvalue weighted by Gasteiger charge is 2.17. The van der Waals surface area contributed by atoms with Crippen LogP contribution in [-0.4, -0.2) is 19.1 Å². The van der Waals surface area contributed by atoms with Crippen molar-refractivity contribution in [2.24, 2.45) is 0 Å². The van der Waals surface area contributed by atoms with Gasteiger partial charge in [0.15, 0.2) is 10.9 Å². The number of amides is 1. The Morgan fingerprint density at radius 2 is 1.83 bits per heavy atom. The molecule has 29 heavy (non-hydrogen) atoms. The van der Waals surface area contributed by atoms with E-state index in [-0.39, 0.29) is 11.3 Å². The molecule has 0 unspecified atom stereocenters. The monoisotopic (exact) mass is 409 g/mol. The molecule has 152 valence electrons. The quantitative estimate of drug-likeness (QED) is 0.498. The largest absolute Gasteiger partial charge is 0.492 e. The van der Waals surface area contributed by atoms with Gasteiger partial charge in [-0.05, 0) is 53.8 Å². The molecule has 3 rings (SSSR count). The van der Waals surface area contributed by atoms with Crippen LogP contribution in [0.4, 0.5) is 0 Å². The van der Waals surface area contributed by atoms with Gasteiger partial charge >= 0.3 is 0 Å². The number of hydrogen-bond acceptors (Lipinski definition) is 4. The van der Waals surface area contributed by atoms with E-state index in [4.69, 9.17) is 9.15 Å². The van der Waals surface area contributed by atoms with E-state index < -0.39 is 0 Å². The number of aryl methyl sites for hydroxylation is 1. The molecular weight excluding hydrogens is 382 g/mol. The lowest BCUT2D eigenvalue weighted by atomic mass is 9.87. The fourth-order valence-corrected chi connectivity index (χ4v) is 3.62. The molecule has 0 fully saturated rings. The van der Waals surface area contributed by atoms with E-state index in [0.717, 1.165) is 10.6 Å². The van der Waals surface area contributed by atoms with Crippen molar-refractivity contribution < 1.29 is 13.9 Å². The molecule has 2 aromatic carbocycles. The molecule has 3 aromatic rings. The summed E-state index contributed by atoms with van der Waals surface area (Å²) in [6.07, 6.45) is 0. The van der Waals surface area contributed by atoms with Gasteiger partial charge in [-0.15, -0.1) is 0 Å². The molecule has 0 spiro atoms. The van der Waals surface area contributed by atoms with Crippen molar-refractivity contribution in [1.82, 2.24) is 5.32 Å². The van der Waals surface area contributed by atoms with E-state index in [1.807, 2.05) is 36.4 Å². The first-order valence-electron chi connectivity index (χ1n) is 9.68. The van der Waals surface area contributed by atoms with Crippen LogP contribution in [0, 0.1) is 6.92 Å². The highest BCUT2D eigenvalue weighted by atomic mass is 32.2. The van der Waals surface area contributed by atoms with Crippen molar-refractivity contribution in [3.8, 4) is 5.75 Å². The van der Waals surface area contributed by atoms with Crippen molar-refractivity contribution in [2.45, 2.75) is 43.1 Å². The average Bonchev–Trinajstić information content (AvgIpc) is 3.15. The molecule has 0 atom stereocenters. The van der Waals surface area contributed by atoms with Crippen molar-refractivity contribution in [3.63, 3.8) is 0 Å². The van der Waals surface area contributed by atoms with E-state index in [2.05, 4.69) is 51.2 Å². The zero-order valence-electron chi connectivity index (χ0n) is 17.3. The molecule has 0 bridgehead atoms. The Morgan fingerprint density at radius 1 is 1.07 bits per heavy atom. The third-order valence-corrected chi connectivity index (χ3v) is 5.55. The Morgan fingerprint density at radius 3 is 2.55 bits per heavy atom. The molecule has 0 aliphatic rings. The molecule has 1 N–H and O–H groups in total. The summed E-state index contributed by atoms with van der Waals surface area (Å²) in [6.45, 7) is 9.48. The van der Waals surface area contributed by atoms with E-state index >= 15 is 0 Å². The van der Waals surface area contributed by atoms with Crippen LogP contribution >= 0.6 is 11.8 Å². The van der Waals surface area contributed by atoms with Gasteiger partial charge in [-0.25, -0.2) is 0 Å². The number of ether oxygens (including phenoxy) is 1. The average molecular weight is 410 g/mol. The molecule has 1 amide bonds. The first-order chi connectivity index (χ1) is 13.8. The standard InChI is InChI=1S/C24H27NO3S/c1-17-10-11-18(24(2,3)4)16-21(17)29-22-13-12-20(28-22)23(26)25-14-15-27-19-8-6-5-7-9-19/h5-13,16H,14-15H2,1-4H3,(H,25,26). The van der Waals surface area contributed by atoms with Gasteiger partial charge in [0, 0.05) is 4.90 Å². The van der Waals surface area contributed by atoms with E-state index in [0.29, 0.717) is 24.0 Å². The summed E-state index contributed by atoms with van der Waals surface area (Å²) in [6, 6.07) is 19.6. The lowest BCUT2D eigenvalue weighted by Gasteiger charge is -2.20. The molecule has 0 saturated carbocycles. The Bertz CT molecular complexity index is 958. The van der Waals surface area contributed by atoms with Gasteiger partial charge in [-0.3, -0.25) is 4.79 Å². The van der Waals surface area contributed by atoms with Crippen molar-refractivity contribution in [2.75, 3.05) is 13.2 Å². The zero-order chi connectivity index (χ0) is 20.9. The van der Waals surface area contributed by atoms with Gasteiger partial charge < -0.3 is 14.5 Å². The number of carbonyl (C=O) groups excluding carboxylic acids is 1. The maximum Gasteiger partial charge on any atom is 0.287 e. The van der Waals surface area contributed by atoms with Gasteiger partial charge in [0.25, 0.3) is 5.91 Å². The van der Waals surface area contributed by atoms with E-state index in [1.165, 1.54) is 22.9 Å². The third kappa shape index (κ3) is 5.91. The van der Waals surface area contributed by atoms with Crippen LogP contribution in [0.15, 0.2) is 75.1 Å². The van der Waals surface area contributed by atoms with Crippen molar-refractivity contribution in [1.29, 1.82) is 0 Å². The number of hydrogen-bond donors (Lipinski definition) is 1. The SMILES string of the molecule is Cc1ccc(C(C)(C)C)cc1Sc1ccc(C(=O)NCCOc2ccccc2)o1. The number of benzene rings is 2. The first kappa shape index (κ1) is 21.1. The summed E-state index contributed by atoms with van der Waals surface area (Å²) in [5, 5.41) is 3.52. The summed E-state index contributed by atoms with van der Waals surface area (Å²) in [4.78, 5) is 13.4. The van der Waals surface area contributed by atoms with Gasteiger partial charge in [0.05, 0.1) is 6.54 Å². The molecular formula is C24H27NO3S. The fraction of sp³-hybridized carbons (Fsp3) is 0.292. The van der Waals surface area contributed by atoms with Crippen molar-refractivity contribution >= 4 is 17.7 Å². The fourth-order valence-electron chi connectivity index (χ4n) is 2.72. The number of nitrogens with one attached hydrogen (secondary N) is 1. The highest BCUT2D eigenvalue weighted by Crippen LogP contribution is 2.34. The molecule has 0 radical (unpaired) electrons. The summed E-state index contributed by atoms with van der Waals surface area (Å²) in [7, 11) is 0. The molecule has 0 aliphatic carbocycles. The van der Waals surface area contributed by atoms with E-state index in [9.17, 15) is 4.79 Å². The van der Waals surface area contributed by atoms with Gasteiger partial charge in [0.1, 0.15) is 12.4 Å². The second-order valence-electron chi connectivity index (χ2n) is 7.87. The highest BCUT2D eigenvalue weighted by molar-refractivity contribution is 7.99. The van der Waals surface area contributed by atoms with Crippen LogP contribution in [0.25, 0.3) is 0 Å². The second-order valence-corrected chi connectivity index (χ2v) is 8.91. The Hall–Kier alpha value is -2.66. The van der Waals surface area contributed by atoms with Gasteiger partial charge in [-0.1, -0.05) is 62.9 Å². The minimum atomic E-state index is -0.242. The third-order valence-electron chi connectivity index (χ3n) is 4.47. The Balaban J connectivity index is 1.56. The van der Waals surface area contributed by atoms with Crippen LogP contribution < -0.4 is 10.1 Å². The Kier molecular flexibility index (Phi) is 6.70. The first-order valence-corrected chi connectivity index (χ1v) is 10.5. The number of furan rings is 1. The smallest absolute Gasteiger partial charge is 0.287 e. The summed E-state index contributed by atoms with van der Waals surface area (Å²) < 4.78 is 11.3. The Labute approximate surface area is 176 Å². The molecule has 1 heterocycles. The molecule has 0 aliphatic heterocycles. The normalized spacial score (nSPS) is 11.3. The lowest BCUT2D eigenvalue weighted by Crippen LogP contribution is -2.27. The topological polar surface area (TPSA) is 51.5 Å². The molecule has 1 aromatic heterocycles. The molecule has 0 saturated heterocycles. The van der Waals surface area contributed by atoms with Crippen LogP contribution in [0.3, 0.4) is 0 Å². The number of rotatable bonds is 7. The summed E-state index contributed by atoms with van der Waals surface area (Å²) in [5.74, 6) is 0.844. The maximum atomic E-state index is 12.3. The van der Waals surface area contributed by atoms with Gasteiger partial charge in [0.2, 0.25) is 0 Å². The maximum absolute atomic E-state index is 12.3. The summed E-state index contributed by atoms with van der Waals surface area (Å²) in [5.41, 5.74) is 2.54. The molecule has 4 nitrogen and oxygen atoms in total. The van der Waals surface area contributed by atoms with Crippen LogP contribution in [0.1, 0.15) is 42.5 Å². The van der Waals surface area contributed by atoms with Crippen LogP contribution in [-0.2, 0) is 5.41 Å². The van der Waals surface area contributed by atoms with Crippen molar-refractivity contribution in [3.05, 3.63) is 77.6 Å². The lowest BCUT2D eigenvalue weighted by molar-refractivity contribution is 0.0914. The minimum Gasteiger partial charge on any atom is -0.492 e. The number of carbonyl (C=O) groups is 1. The minimum absolute atomic E-state index is 0.0824. The second kappa shape index (κ2) is 9.23.